The maximum Gasteiger partial charge on any atom is 0.341 e. The molecule has 7 nitrogen and oxygen atoms in total. The number of aromatic carboxylic acids is 1. The van der Waals surface area contributed by atoms with Gasteiger partial charge in [0.2, 0.25) is 0 Å². The molecule has 0 bridgehead atoms. The van der Waals surface area contributed by atoms with E-state index in [1.165, 1.54) is 6.07 Å². The molecule has 0 fully saturated rings. The van der Waals surface area contributed by atoms with E-state index in [0.29, 0.717) is 0 Å². The molecule has 2 heterocycles. The normalized spacial score (nSPS) is 9.69. The van der Waals surface area contributed by atoms with Crippen LogP contribution in [0.25, 0.3) is 11.4 Å². The van der Waals surface area contributed by atoms with Crippen molar-refractivity contribution in [2.24, 2.45) is 0 Å². The topological polar surface area (TPSA) is 113 Å². The number of carboxylic acids is 1. The number of aromatic nitrogens is 3. The van der Waals surface area contributed by atoms with Crippen molar-refractivity contribution >= 4 is 5.97 Å². The van der Waals surface area contributed by atoms with Crippen LogP contribution in [-0.4, -0.2) is 26.2 Å². The van der Waals surface area contributed by atoms with Crippen molar-refractivity contribution in [3.05, 3.63) is 29.9 Å². The first-order valence-corrected chi connectivity index (χ1v) is 4.12. The Morgan fingerprint density at radius 2 is 2.31 bits per heavy atom. The van der Waals surface area contributed by atoms with Gasteiger partial charge >= 0.3 is 5.97 Å². The third-order valence-electron chi connectivity index (χ3n) is 1.82. The highest BCUT2D eigenvalue weighted by molar-refractivity contribution is 5.93. The van der Waals surface area contributed by atoms with Crippen LogP contribution in [0.5, 0.6) is 0 Å². The van der Waals surface area contributed by atoms with Crippen LogP contribution in [0.3, 0.4) is 0 Å². The summed E-state index contributed by atoms with van der Waals surface area (Å²) in [6.45, 7) is 0. The van der Waals surface area contributed by atoms with Crippen molar-refractivity contribution < 1.29 is 14.4 Å². The van der Waals surface area contributed by atoms with Crippen molar-refractivity contribution in [3.63, 3.8) is 0 Å². The van der Waals surface area contributed by atoms with Gasteiger partial charge in [0.05, 0.1) is 5.69 Å². The SMILES string of the molecule is N#Cc1cc(-c2nocc2C(=O)O)ncn1. The van der Waals surface area contributed by atoms with E-state index in [1.54, 1.807) is 0 Å². The Labute approximate surface area is 89.0 Å². The summed E-state index contributed by atoms with van der Waals surface area (Å²) in [6.07, 6.45) is 2.17. The fourth-order valence-electron chi connectivity index (χ4n) is 1.12. The highest BCUT2D eigenvalue weighted by atomic mass is 16.5. The second-order valence-corrected chi connectivity index (χ2v) is 2.78. The van der Waals surface area contributed by atoms with Crippen molar-refractivity contribution in [2.75, 3.05) is 0 Å². The minimum Gasteiger partial charge on any atom is -0.477 e. The molecule has 0 aliphatic heterocycles. The number of carboxylic acid groups (broad SMARTS) is 1. The zero-order valence-corrected chi connectivity index (χ0v) is 7.78. The lowest BCUT2D eigenvalue weighted by Crippen LogP contribution is -1.98. The molecule has 2 rings (SSSR count). The fourth-order valence-corrected chi connectivity index (χ4v) is 1.12. The van der Waals surface area contributed by atoms with Crippen LogP contribution >= 0.6 is 0 Å². The van der Waals surface area contributed by atoms with Gasteiger partial charge in [-0.3, -0.25) is 0 Å². The van der Waals surface area contributed by atoms with Gasteiger partial charge in [-0.25, -0.2) is 14.8 Å². The molecule has 0 unspecified atom stereocenters. The Bertz CT molecular complexity index is 584. The smallest absolute Gasteiger partial charge is 0.341 e. The number of nitriles is 1. The Morgan fingerprint density at radius 1 is 1.50 bits per heavy atom. The first-order chi connectivity index (χ1) is 7.72. The minimum atomic E-state index is -1.17. The Kier molecular flexibility index (Phi) is 2.31. The fraction of sp³-hybridized carbons (Fsp3) is 0. The van der Waals surface area contributed by atoms with Crippen LogP contribution < -0.4 is 0 Å². The second kappa shape index (κ2) is 3.78. The average Bonchev–Trinajstić information content (AvgIpc) is 2.78. The summed E-state index contributed by atoms with van der Waals surface area (Å²) in [5, 5.41) is 21.0. The third-order valence-corrected chi connectivity index (χ3v) is 1.82. The molecule has 1 N–H and O–H groups in total. The number of hydrogen-bond donors (Lipinski definition) is 1. The summed E-state index contributed by atoms with van der Waals surface area (Å²) >= 11 is 0. The van der Waals surface area contributed by atoms with Crippen LogP contribution in [0.2, 0.25) is 0 Å². The lowest BCUT2D eigenvalue weighted by atomic mass is 10.2. The van der Waals surface area contributed by atoms with Gasteiger partial charge in [0.1, 0.15) is 35.6 Å². The Hall–Kier alpha value is -2.75. The van der Waals surface area contributed by atoms with Crippen molar-refractivity contribution in [2.45, 2.75) is 0 Å². The van der Waals surface area contributed by atoms with Crippen LogP contribution in [0.1, 0.15) is 16.1 Å². The molecule has 0 aromatic carbocycles. The van der Waals surface area contributed by atoms with E-state index in [1.807, 2.05) is 6.07 Å². The largest absolute Gasteiger partial charge is 0.477 e. The van der Waals surface area contributed by atoms with Crippen LogP contribution in [0.4, 0.5) is 0 Å². The van der Waals surface area contributed by atoms with E-state index in [9.17, 15) is 4.79 Å². The summed E-state index contributed by atoms with van der Waals surface area (Å²) in [6, 6.07) is 3.16. The van der Waals surface area contributed by atoms with Gasteiger partial charge in [-0.05, 0) is 0 Å². The predicted octanol–water partition coefficient (Wildman–Crippen LogP) is 0.701. The summed E-state index contributed by atoms with van der Waals surface area (Å²) < 4.78 is 4.56. The molecule has 2 aromatic heterocycles. The predicted molar refractivity (Wildman–Crippen MR) is 49.2 cm³/mol. The number of carbonyl (C=O) groups is 1. The monoisotopic (exact) mass is 216 g/mol. The maximum atomic E-state index is 10.8. The van der Waals surface area contributed by atoms with Crippen molar-refractivity contribution in [1.82, 2.24) is 15.1 Å². The summed E-state index contributed by atoms with van der Waals surface area (Å²) in [7, 11) is 0. The van der Waals surface area contributed by atoms with Gasteiger partial charge in [-0.2, -0.15) is 5.26 Å². The first kappa shape index (κ1) is 9.79. The number of nitrogens with zero attached hydrogens (tertiary/aromatic N) is 4. The van der Waals surface area contributed by atoms with Gasteiger partial charge < -0.3 is 9.63 Å². The molecule has 78 valence electrons. The molecule has 0 aliphatic rings. The zero-order valence-electron chi connectivity index (χ0n) is 7.78. The van der Waals surface area contributed by atoms with E-state index in [-0.39, 0.29) is 22.6 Å². The van der Waals surface area contributed by atoms with E-state index in [2.05, 4.69) is 19.6 Å². The maximum absolute atomic E-state index is 10.8. The molecule has 0 atom stereocenters. The highest BCUT2D eigenvalue weighted by Gasteiger charge is 2.17. The first-order valence-electron chi connectivity index (χ1n) is 4.12. The molecular weight excluding hydrogens is 212 g/mol. The lowest BCUT2D eigenvalue weighted by molar-refractivity contribution is 0.0697. The van der Waals surface area contributed by atoms with Gasteiger partial charge in [0, 0.05) is 6.07 Å². The standard InChI is InChI=1S/C9H4N4O3/c10-2-5-1-7(12-4-11-5)8-6(9(14)15)3-16-13-8/h1,3-4H,(H,14,15). The van der Waals surface area contributed by atoms with Gasteiger partial charge in [0.15, 0.2) is 0 Å². The zero-order chi connectivity index (χ0) is 11.5. The number of rotatable bonds is 2. The van der Waals surface area contributed by atoms with E-state index in [4.69, 9.17) is 10.4 Å². The summed E-state index contributed by atoms with van der Waals surface area (Å²) in [5.74, 6) is -1.17. The van der Waals surface area contributed by atoms with Crippen molar-refractivity contribution in [1.29, 1.82) is 5.26 Å². The summed E-state index contributed by atoms with van der Waals surface area (Å²) in [5.41, 5.74) is 0.330. The highest BCUT2D eigenvalue weighted by Crippen LogP contribution is 2.19. The molecule has 7 heteroatoms. The molecule has 0 saturated heterocycles. The van der Waals surface area contributed by atoms with Gasteiger partial charge in [0.25, 0.3) is 0 Å². The van der Waals surface area contributed by atoms with E-state index in [0.717, 1.165) is 12.6 Å². The molecule has 0 radical (unpaired) electrons. The van der Waals surface area contributed by atoms with Gasteiger partial charge in [-0.1, -0.05) is 5.16 Å². The number of hydrogen-bond acceptors (Lipinski definition) is 6. The van der Waals surface area contributed by atoms with Crippen LogP contribution in [-0.2, 0) is 0 Å². The molecule has 0 amide bonds. The molecule has 0 spiro atoms. The molecule has 0 aliphatic carbocycles. The third kappa shape index (κ3) is 1.59. The van der Waals surface area contributed by atoms with Crippen molar-refractivity contribution in [3.8, 4) is 17.5 Å². The average molecular weight is 216 g/mol. The summed E-state index contributed by atoms with van der Waals surface area (Å²) in [4.78, 5) is 18.3. The molecular formula is C9H4N4O3. The molecule has 16 heavy (non-hydrogen) atoms. The van der Waals surface area contributed by atoms with Crippen LogP contribution in [0, 0.1) is 11.3 Å². The lowest BCUT2D eigenvalue weighted by Gasteiger charge is -1.95. The Morgan fingerprint density at radius 3 is 3.00 bits per heavy atom. The van der Waals surface area contributed by atoms with E-state index < -0.39 is 5.97 Å². The Balaban J connectivity index is 2.55. The molecule has 2 aromatic rings. The molecule has 0 saturated carbocycles. The van der Waals surface area contributed by atoms with Crippen LogP contribution in [0.15, 0.2) is 23.2 Å². The van der Waals surface area contributed by atoms with E-state index >= 15 is 0 Å². The second-order valence-electron chi connectivity index (χ2n) is 2.78. The van der Waals surface area contributed by atoms with Gasteiger partial charge in [-0.15, -0.1) is 0 Å². The quantitative estimate of drug-likeness (QED) is 0.785. The minimum absolute atomic E-state index is 0.0754.